The van der Waals surface area contributed by atoms with Crippen LogP contribution in [0.2, 0.25) is 0 Å². The van der Waals surface area contributed by atoms with Crippen LogP contribution in [0.4, 0.5) is 0 Å². The molecule has 0 saturated heterocycles. The second-order valence-electron chi connectivity index (χ2n) is 9.08. The number of aryl methyl sites for hydroxylation is 5. The van der Waals surface area contributed by atoms with Crippen molar-refractivity contribution in [2.75, 3.05) is 7.11 Å². The number of ether oxygens (including phenoxy) is 1. The highest BCUT2D eigenvalue weighted by atomic mass is 16.5. The molecule has 0 aliphatic carbocycles. The second kappa shape index (κ2) is 9.73. The largest absolute Gasteiger partial charge is 0.467 e. The highest BCUT2D eigenvalue weighted by molar-refractivity contribution is 5.86. The summed E-state index contributed by atoms with van der Waals surface area (Å²) in [6, 6.07) is 5.63. The van der Waals surface area contributed by atoms with Crippen LogP contribution in [0.5, 0.6) is 0 Å². The number of hydrogen-bond acceptors (Lipinski definition) is 5. The Kier molecular flexibility index (Phi) is 7.20. The predicted octanol–water partition coefficient (Wildman–Crippen LogP) is 4.21. The SMILES string of the molecule is COC(=O)[C@H](NC(=O)CCc1c(C)nc2c(c(C)nn2-c2ccc(C)c(C)c2)c1C)C(C)C. The van der Waals surface area contributed by atoms with Gasteiger partial charge in [0.2, 0.25) is 5.91 Å². The van der Waals surface area contributed by atoms with Gasteiger partial charge in [0.25, 0.3) is 0 Å². The topological polar surface area (TPSA) is 86.1 Å². The molecular formula is C26H34N4O3. The molecule has 1 N–H and O–H groups in total. The highest BCUT2D eigenvalue weighted by Gasteiger charge is 2.25. The van der Waals surface area contributed by atoms with Crippen molar-refractivity contribution < 1.29 is 14.3 Å². The minimum atomic E-state index is -0.649. The van der Waals surface area contributed by atoms with E-state index >= 15 is 0 Å². The Morgan fingerprint density at radius 1 is 1.06 bits per heavy atom. The fraction of sp³-hybridized carbons (Fsp3) is 0.462. The first-order valence-corrected chi connectivity index (χ1v) is 11.3. The fourth-order valence-corrected chi connectivity index (χ4v) is 4.22. The van der Waals surface area contributed by atoms with Gasteiger partial charge in [0.1, 0.15) is 6.04 Å². The molecule has 1 aromatic carbocycles. The van der Waals surface area contributed by atoms with Gasteiger partial charge < -0.3 is 10.1 Å². The van der Waals surface area contributed by atoms with E-state index in [4.69, 9.17) is 14.8 Å². The first-order valence-electron chi connectivity index (χ1n) is 11.3. The lowest BCUT2D eigenvalue weighted by Crippen LogP contribution is -2.45. The van der Waals surface area contributed by atoms with E-state index in [1.165, 1.54) is 18.2 Å². The highest BCUT2D eigenvalue weighted by Crippen LogP contribution is 2.28. The number of pyridine rings is 1. The second-order valence-corrected chi connectivity index (χ2v) is 9.08. The molecule has 7 nitrogen and oxygen atoms in total. The van der Waals surface area contributed by atoms with E-state index in [0.29, 0.717) is 6.42 Å². The maximum Gasteiger partial charge on any atom is 0.328 e. The smallest absolute Gasteiger partial charge is 0.328 e. The van der Waals surface area contributed by atoms with Gasteiger partial charge in [0.15, 0.2) is 5.65 Å². The van der Waals surface area contributed by atoms with Gasteiger partial charge in [0.05, 0.1) is 18.5 Å². The number of hydrogen-bond donors (Lipinski definition) is 1. The Morgan fingerprint density at radius 2 is 1.76 bits per heavy atom. The minimum Gasteiger partial charge on any atom is -0.467 e. The molecule has 3 aromatic rings. The van der Waals surface area contributed by atoms with E-state index in [1.54, 1.807) is 0 Å². The molecule has 0 fully saturated rings. The number of aromatic nitrogens is 3. The van der Waals surface area contributed by atoms with E-state index in [1.807, 2.05) is 32.4 Å². The van der Waals surface area contributed by atoms with Crippen LogP contribution in [-0.4, -0.2) is 39.8 Å². The zero-order valence-electron chi connectivity index (χ0n) is 20.9. The van der Waals surface area contributed by atoms with Crippen LogP contribution in [0.3, 0.4) is 0 Å². The summed E-state index contributed by atoms with van der Waals surface area (Å²) in [4.78, 5) is 29.4. The zero-order valence-corrected chi connectivity index (χ0v) is 20.9. The van der Waals surface area contributed by atoms with Crippen molar-refractivity contribution in [3.63, 3.8) is 0 Å². The Hall–Kier alpha value is -3.22. The van der Waals surface area contributed by atoms with E-state index in [9.17, 15) is 9.59 Å². The van der Waals surface area contributed by atoms with Crippen molar-refractivity contribution in [3.05, 3.63) is 51.8 Å². The summed E-state index contributed by atoms with van der Waals surface area (Å²) in [7, 11) is 1.33. The Morgan fingerprint density at radius 3 is 2.36 bits per heavy atom. The van der Waals surface area contributed by atoms with Crippen molar-refractivity contribution in [2.24, 2.45) is 5.92 Å². The predicted molar refractivity (Wildman–Crippen MR) is 130 cm³/mol. The summed E-state index contributed by atoms with van der Waals surface area (Å²) < 4.78 is 6.72. The molecule has 1 amide bonds. The lowest BCUT2D eigenvalue weighted by atomic mass is 9.98. The number of esters is 1. The molecular weight excluding hydrogens is 416 g/mol. The summed E-state index contributed by atoms with van der Waals surface area (Å²) in [5.41, 5.74) is 8.17. The molecule has 176 valence electrons. The van der Waals surface area contributed by atoms with E-state index in [-0.39, 0.29) is 18.2 Å². The van der Waals surface area contributed by atoms with Gasteiger partial charge in [-0.05, 0) is 81.3 Å². The molecule has 0 aliphatic rings. The van der Waals surface area contributed by atoms with Crippen LogP contribution in [0, 0.1) is 40.5 Å². The van der Waals surface area contributed by atoms with Crippen molar-refractivity contribution in [3.8, 4) is 5.69 Å². The number of methoxy groups -OCH3 is 1. The van der Waals surface area contributed by atoms with Crippen LogP contribution in [-0.2, 0) is 20.7 Å². The molecule has 2 aromatic heterocycles. The number of nitrogens with zero attached hydrogens (tertiary/aromatic N) is 3. The molecule has 0 aliphatic heterocycles. The zero-order chi connectivity index (χ0) is 24.4. The standard InChI is InChI=1S/C26H34N4O3/c1-14(2)24(26(32)33-8)28-22(31)12-11-21-17(5)23-19(7)29-30(25(23)27-18(21)6)20-10-9-15(3)16(4)13-20/h9-10,13-14,24H,11-12H2,1-8H3,(H,28,31)/t24-/m1/s1. The lowest BCUT2D eigenvalue weighted by Gasteiger charge is -2.20. The number of fused-ring (bicyclic) bond motifs is 1. The van der Waals surface area contributed by atoms with Gasteiger partial charge in [-0.15, -0.1) is 0 Å². The van der Waals surface area contributed by atoms with Crippen molar-refractivity contribution in [1.82, 2.24) is 20.1 Å². The normalized spacial score (nSPS) is 12.3. The summed E-state index contributed by atoms with van der Waals surface area (Å²) in [5.74, 6) is -0.662. The maximum atomic E-state index is 12.6. The molecule has 7 heteroatoms. The third kappa shape index (κ3) is 4.92. The fourth-order valence-electron chi connectivity index (χ4n) is 4.22. The molecule has 0 radical (unpaired) electrons. The van der Waals surface area contributed by atoms with Gasteiger partial charge in [-0.3, -0.25) is 4.79 Å². The minimum absolute atomic E-state index is 0.0539. The summed E-state index contributed by atoms with van der Waals surface area (Å²) >= 11 is 0. The molecule has 0 spiro atoms. The first-order chi connectivity index (χ1) is 15.5. The summed E-state index contributed by atoms with van der Waals surface area (Å²) in [5, 5.41) is 8.61. The van der Waals surface area contributed by atoms with Gasteiger partial charge in [-0.25, -0.2) is 14.5 Å². The number of carbonyl (C=O) groups excluding carboxylic acids is 2. The third-order valence-corrected chi connectivity index (χ3v) is 6.35. The van der Waals surface area contributed by atoms with E-state index in [0.717, 1.165) is 39.2 Å². The van der Waals surface area contributed by atoms with Gasteiger partial charge in [-0.1, -0.05) is 19.9 Å². The number of carbonyl (C=O) groups is 2. The Balaban J connectivity index is 1.90. The number of amides is 1. The molecule has 33 heavy (non-hydrogen) atoms. The van der Waals surface area contributed by atoms with Gasteiger partial charge >= 0.3 is 5.97 Å². The lowest BCUT2D eigenvalue weighted by molar-refractivity contribution is -0.146. The average Bonchev–Trinajstić information content (AvgIpc) is 3.09. The van der Waals surface area contributed by atoms with Crippen molar-refractivity contribution in [2.45, 2.75) is 67.3 Å². The Labute approximate surface area is 195 Å². The molecule has 0 bridgehead atoms. The maximum absolute atomic E-state index is 12.6. The summed E-state index contributed by atoms with van der Waals surface area (Å²) in [6.07, 6.45) is 0.798. The quantitative estimate of drug-likeness (QED) is 0.545. The van der Waals surface area contributed by atoms with Gasteiger partial charge in [-0.2, -0.15) is 5.10 Å². The van der Waals surface area contributed by atoms with Crippen LogP contribution < -0.4 is 5.32 Å². The molecule has 0 unspecified atom stereocenters. The van der Waals surface area contributed by atoms with Crippen LogP contribution in [0.1, 0.15) is 53.9 Å². The van der Waals surface area contributed by atoms with Gasteiger partial charge in [0, 0.05) is 17.5 Å². The van der Waals surface area contributed by atoms with Crippen LogP contribution >= 0.6 is 0 Å². The van der Waals surface area contributed by atoms with E-state index < -0.39 is 12.0 Å². The first kappa shape index (κ1) is 24.4. The van der Waals surface area contributed by atoms with Crippen LogP contribution in [0.25, 0.3) is 16.7 Å². The monoisotopic (exact) mass is 450 g/mol. The molecule has 1 atom stereocenters. The van der Waals surface area contributed by atoms with Crippen molar-refractivity contribution in [1.29, 1.82) is 0 Å². The molecule has 2 heterocycles. The molecule has 3 rings (SSSR count). The average molecular weight is 451 g/mol. The number of benzene rings is 1. The molecule has 0 saturated carbocycles. The van der Waals surface area contributed by atoms with Crippen LogP contribution in [0.15, 0.2) is 18.2 Å². The third-order valence-electron chi connectivity index (χ3n) is 6.35. The van der Waals surface area contributed by atoms with E-state index in [2.05, 4.69) is 44.3 Å². The summed E-state index contributed by atoms with van der Waals surface area (Å²) in [6.45, 7) is 14.0. The van der Waals surface area contributed by atoms with Crippen molar-refractivity contribution >= 4 is 22.9 Å². The number of nitrogens with one attached hydrogen (secondary N) is 1. The number of rotatable bonds is 7. The Bertz CT molecular complexity index is 1210.